The highest BCUT2D eigenvalue weighted by molar-refractivity contribution is 5.77. The van der Waals surface area contributed by atoms with Gasteiger partial charge in [-0.15, -0.1) is 0 Å². The molecule has 25 heavy (non-hydrogen) atoms. The molecule has 0 radical (unpaired) electrons. The van der Waals surface area contributed by atoms with Gasteiger partial charge in [0.05, 0.1) is 17.6 Å². The second-order valence-corrected chi connectivity index (χ2v) is 6.61. The maximum absolute atomic E-state index is 11.7. The van der Waals surface area contributed by atoms with Crippen LogP contribution >= 0.6 is 0 Å². The summed E-state index contributed by atoms with van der Waals surface area (Å²) >= 11 is 0. The number of nitrogens with one attached hydrogen (secondary N) is 1. The SMILES string of the molecule is CCC(=O)NCc1nc2ccccc2n1Cc1c(C)cc(C)cc1C. The van der Waals surface area contributed by atoms with Crippen molar-refractivity contribution in [2.24, 2.45) is 0 Å². The lowest BCUT2D eigenvalue weighted by Gasteiger charge is -2.15. The molecule has 0 fully saturated rings. The molecule has 1 heterocycles. The topological polar surface area (TPSA) is 46.9 Å². The molecular formula is C21H25N3O. The maximum Gasteiger partial charge on any atom is 0.220 e. The molecule has 0 aliphatic carbocycles. The van der Waals surface area contributed by atoms with Crippen LogP contribution in [0.25, 0.3) is 11.0 Å². The van der Waals surface area contributed by atoms with Crippen LogP contribution < -0.4 is 5.32 Å². The molecule has 1 amide bonds. The van der Waals surface area contributed by atoms with E-state index in [9.17, 15) is 4.79 Å². The summed E-state index contributed by atoms with van der Waals surface area (Å²) in [5.41, 5.74) is 7.24. The second-order valence-electron chi connectivity index (χ2n) is 6.61. The van der Waals surface area contributed by atoms with Crippen molar-refractivity contribution in [2.45, 2.75) is 47.2 Å². The fraction of sp³-hybridized carbons (Fsp3) is 0.333. The fourth-order valence-electron chi connectivity index (χ4n) is 3.36. The first-order chi connectivity index (χ1) is 12.0. The van der Waals surface area contributed by atoms with E-state index in [0.717, 1.165) is 23.4 Å². The fourth-order valence-corrected chi connectivity index (χ4v) is 3.36. The highest BCUT2D eigenvalue weighted by Gasteiger charge is 2.14. The molecule has 3 rings (SSSR count). The van der Waals surface area contributed by atoms with Crippen LogP contribution in [0.3, 0.4) is 0 Å². The molecule has 0 bridgehead atoms. The van der Waals surface area contributed by atoms with E-state index >= 15 is 0 Å². The summed E-state index contributed by atoms with van der Waals surface area (Å²) in [5, 5.41) is 2.95. The smallest absolute Gasteiger partial charge is 0.220 e. The van der Waals surface area contributed by atoms with Gasteiger partial charge < -0.3 is 9.88 Å². The molecule has 0 aliphatic heterocycles. The molecule has 0 saturated heterocycles. The molecule has 0 atom stereocenters. The van der Waals surface area contributed by atoms with Gasteiger partial charge in [-0.3, -0.25) is 4.79 Å². The summed E-state index contributed by atoms with van der Waals surface area (Å²) in [6.07, 6.45) is 0.483. The largest absolute Gasteiger partial charge is 0.349 e. The third kappa shape index (κ3) is 3.58. The highest BCUT2D eigenvalue weighted by atomic mass is 16.1. The lowest BCUT2D eigenvalue weighted by Crippen LogP contribution is -2.24. The molecule has 3 aromatic rings. The number of rotatable bonds is 5. The maximum atomic E-state index is 11.7. The first kappa shape index (κ1) is 17.2. The van der Waals surface area contributed by atoms with E-state index in [1.807, 2.05) is 25.1 Å². The summed E-state index contributed by atoms with van der Waals surface area (Å²) in [5.74, 6) is 0.934. The van der Waals surface area contributed by atoms with Crippen molar-refractivity contribution < 1.29 is 4.79 Å². The number of fused-ring (bicyclic) bond motifs is 1. The number of carbonyl (C=O) groups excluding carboxylic acids is 1. The predicted molar refractivity (Wildman–Crippen MR) is 102 cm³/mol. The zero-order chi connectivity index (χ0) is 18.0. The monoisotopic (exact) mass is 335 g/mol. The standard InChI is InChI=1S/C21H25N3O/c1-5-21(25)22-12-20-23-18-8-6-7-9-19(18)24(20)13-17-15(3)10-14(2)11-16(17)4/h6-11H,5,12-13H2,1-4H3,(H,22,25). The minimum Gasteiger partial charge on any atom is -0.349 e. The van der Waals surface area contributed by atoms with Crippen LogP contribution in [0.4, 0.5) is 0 Å². The first-order valence-corrected chi connectivity index (χ1v) is 8.77. The summed E-state index contributed by atoms with van der Waals surface area (Å²) in [6.45, 7) is 9.51. The Hall–Kier alpha value is -2.62. The Kier molecular flexibility index (Phi) is 4.88. The van der Waals surface area contributed by atoms with Crippen LogP contribution in [0, 0.1) is 20.8 Å². The van der Waals surface area contributed by atoms with Crippen molar-refractivity contribution in [3.8, 4) is 0 Å². The number of para-hydroxylation sites is 2. The molecule has 1 N–H and O–H groups in total. The zero-order valence-corrected chi connectivity index (χ0v) is 15.4. The van der Waals surface area contributed by atoms with Crippen molar-refractivity contribution in [1.29, 1.82) is 0 Å². The average Bonchev–Trinajstić information content (AvgIpc) is 2.93. The highest BCUT2D eigenvalue weighted by Crippen LogP contribution is 2.22. The molecule has 0 unspecified atom stereocenters. The Bertz CT molecular complexity index is 901. The van der Waals surface area contributed by atoms with Crippen molar-refractivity contribution in [3.05, 3.63) is 64.5 Å². The van der Waals surface area contributed by atoms with Gasteiger partial charge in [-0.05, 0) is 49.6 Å². The number of imidazole rings is 1. The van der Waals surface area contributed by atoms with Gasteiger partial charge in [0.1, 0.15) is 5.82 Å². The lowest BCUT2D eigenvalue weighted by molar-refractivity contribution is -0.120. The Morgan fingerprint density at radius 1 is 1.12 bits per heavy atom. The first-order valence-electron chi connectivity index (χ1n) is 8.77. The number of aromatic nitrogens is 2. The minimum absolute atomic E-state index is 0.0429. The molecular weight excluding hydrogens is 310 g/mol. The number of carbonyl (C=O) groups is 1. The van der Waals surface area contributed by atoms with Crippen molar-refractivity contribution >= 4 is 16.9 Å². The van der Waals surface area contributed by atoms with Crippen LogP contribution in [0.15, 0.2) is 36.4 Å². The molecule has 130 valence electrons. The molecule has 4 heteroatoms. The van der Waals surface area contributed by atoms with Gasteiger partial charge in [0.15, 0.2) is 0 Å². The van der Waals surface area contributed by atoms with Crippen LogP contribution in [0.5, 0.6) is 0 Å². The van der Waals surface area contributed by atoms with E-state index in [4.69, 9.17) is 4.98 Å². The van der Waals surface area contributed by atoms with E-state index in [2.05, 4.69) is 48.9 Å². The van der Waals surface area contributed by atoms with E-state index in [1.165, 1.54) is 22.3 Å². The van der Waals surface area contributed by atoms with Crippen molar-refractivity contribution in [2.75, 3.05) is 0 Å². The van der Waals surface area contributed by atoms with Gasteiger partial charge in [0.25, 0.3) is 0 Å². The van der Waals surface area contributed by atoms with Gasteiger partial charge in [0.2, 0.25) is 5.91 Å². The number of hydrogen-bond donors (Lipinski definition) is 1. The summed E-state index contributed by atoms with van der Waals surface area (Å²) in [7, 11) is 0. The number of nitrogens with zero attached hydrogens (tertiary/aromatic N) is 2. The number of benzene rings is 2. The third-order valence-electron chi connectivity index (χ3n) is 4.65. The van der Waals surface area contributed by atoms with Crippen LogP contribution in [0.1, 0.15) is 41.4 Å². The van der Waals surface area contributed by atoms with Crippen LogP contribution in [-0.2, 0) is 17.9 Å². The molecule has 0 spiro atoms. The van der Waals surface area contributed by atoms with Gasteiger partial charge in [-0.2, -0.15) is 0 Å². The Morgan fingerprint density at radius 2 is 1.80 bits per heavy atom. The summed E-state index contributed by atoms with van der Waals surface area (Å²) in [4.78, 5) is 16.4. The molecule has 0 saturated carbocycles. The van der Waals surface area contributed by atoms with Crippen molar-refractivity contribution in [1.82, 2.24) is 14.9 Å². The van der Waals surface area contributed by atoms with Gasteiger partial charge >= 0.3 is 0 Å². The lowest BCUT2D eigenvalue weighted by atomic mass is 9.99. The van der Waals surface area contributed by atoms with E-state index in [-0.39, 0.29) is 5.91 Å². The van der Waals surface area contributed by atoms with E-state index < -0.39 is 0 Å². The van der Waals surface area contributed by atoms with Crippen LogP contribution in [-0.4, -0.2) is 15.5 Å². The molecule has 2 aromatic carbocycles. The second kappa shape index (κ2) is 7.09. The van der Waals surface area contributed by atoms with E-state index in [0.29, 0.717) is 13.0 Å². The Morgan fingerprint density at radius 3 is 2.48 bits per heavy atom. The Labute approximate surface area is 148 Å². The van der Waals surface area contributed by atoms with Crippen molar-refractivity contribution in [3.63, 3.8) is 0 Å². The summed E-state index contributed by atoms with van der Waals surface area (Å²) in [6, 6.07) is 12.6. The van der Waals surface area contributed by atoms with Gasteiger partial charge in [0, 0.05) is 13.0 Å². The summed E-state index contributed by atoms with van der Waals surface area (Å²) < 4.78 is 2.22. The molecule has 4 nitrogen and oxygen atoms in total. The number of aryl methyl sites for hydroxylation is 3. The normalized spacial score (nSPS) is 11.0. The third-order valence-corrected chi connectivity index (χ3v) is 4.65. The Balaban J connectivity index is 2.03. The average molecular weight is 335 g/mol. The zero-order valence-electron chi connectivity index (χ0n) is 15.4. The predicted octanol–water partition coefficient (Wildman–Crippen LogP) is 4.04. The number of hydrogen-bond acceptors (Lipinski definition) is 2. The minimum atomic E-state index is 0.0429. The number of amides is 1. The quantitative estimate of drug-likeness (QED) is 0.765. The van der Waals surface area contributed by atoms with Gasteiger partial charge in [-0.25, -0.2) is 4.98 Å². The van der Waals surface area contributed by atoms with Gasteiger partial charge in [-0.1, -0.05) is 36.8 Å². The molecule has 1 aromatic heterocycles. The molecule has 0 aliphatic rings. The van der Waals surface area contributed by atoms with E-state index in [1.54, 1.807) is 0 Å². The van der Waals surface area contributed by atoms with Crippen LogP contribution in [0.2, 0.25) is 0 Å².